The normalized spacial score (nSPS) is 23.7. The Hall–Kier alpha value is -3.20. The molecule has 0 radical (unpaired) electrons. The highest BCUT2D eigenvalue weighted by atomic mass is 19.2. The largest absolute Gasteiger partial charge is 0.293 e. The van der Waals surface area contributed by atoms with Crippen molar-refractivity contribution < 1.29 is 13.7 Å². The van der Waals surface area contributed by atoms with E-state index in [1.54, 1.807) is 16.8 Å². The van der Waals surface area contributed by atoms with E-state index in [4.69, 9.17) is 0 Å². The summed E-state index contributed by atoms with van der Waals surface area (Å²) in [5.74, 6) is -0.302. The van der Waals surface area contributed by atoms with E-state index < -0.39 is 0 Å². The van der Waals surface area contributed by atoms with E-state index in [9.17, 15) is 13.7 Å². The number of allylic oxidation sites excluding steroid dienone is 1. The van der Waals surface area contributed by atoms with E-state index in [0.29, 0.717) is 41.9 Å². The quantitative estimate of drug-likeness (QED) is 0.788. The first kappa shape index (κ1) is 18.8. The maximum Gasteiger partial charge on any atom is 0.179 e. The van der Waals surface area contributed by atoms with Crippen LogP contribution in [0.3, 0.4) is 0 Å². The molecular formula is C21H20F2N6O. The monoisotopic (exact) mass is 410 g/mol. The molecule has 0 fully saturated rings. The molecule has 0 bridgehead atoms. The van der Waals surface area contributed by atoms with E-state index >= 15 is 0 Å². The molecule has 30 heavy (non-hydrogen) atoms. The summed E-state index contributed by atoms with van der Waals surface area (Å²) >= 11 is 0. The van der Waals surface area contributed by atoms with Crippen LogP contribution in [0.4, 0.5) is 8.87 Å². The van der Waals surface area contributed by atoms with Crippen LogP contribution in [0, 0.1) is 5.82 Å². The fraction of sp³-hybridized carbons (Fsp3) is 0.333. The standard InChI is InChI=1S/C21H20F2N6O/c1-2-28-21(25-11-27-28)19-16(12-3-5-14(22)6-4-12)7-13-9-26-29(23)17-8-15(30)10-24-20(19)18(13)17/h3-6,8,11,16,19,26H,2,7,9-10H2,1H3. The summed E-state index contributed by atoms with van der Waals surface area (Å²) in [6.45, 7) is 2.83. The number of hydrogen-bond acceptors (Lipinski definition) is 6. The van der Waals surface area contributed by atoms with Gasteiger partial charge in [-0.25, -0.2) is 19.5 Å². The minimum atomic E-state index is -0.336. The van der Waals surface area contributed by atoms with Gasteiger partial charge in [-0.1, -0.05) is 16.6 Å². The first-order valence-corrected chi connectivity index (χ1v) is 9.91. The van der Waals surface area contributed by atoms with Gasteiger partial charge in [0.25, 0.3) is 0 Å². The van der Waals surface area contributed by atoms with Crippen LogP contribution in [0.25, 0.3) is 0 Å². The highest BCUT2D eigenvalue weighted by Gasteiger charge is 2.44. The number of hydrogen-bond donors (Lipinski definition) is 1. The maximum absolute atomic E-state index is 14.6. The predicted molar refractivity (Wildman–Crippen MR) is 106 cm³/mol. The van der Waals surface area contributed by atoms with Gasteiger partial charge in [0.2, 0.25) is 0 Å². The molecule has 0 saturated carbocycles. The maximum atomic E-state index is 14.6. The van der Waals surface area contributed by atoms with Crippen molar-refractivity contribution >= 4 is 11.5 Å². The third-order valence-corrected chi connectivity index (χ3v) is 5.90. The molecule has 2 aliphatic heterocycles. The zero-order valence-electron chi connectivity index (χ0n) is 16.3. The Morgan fingerprint density at radius 3 is 2.83 bits per heavy atom. The molecule has 1 aromatic carbocycles. The summed E-state index contributed by atoms with van der Waals surface area (Å²) in [5, 5.41) is 4.71. The molecule has 1 aromatic heterocycles. The van der Waals surface area contributed by atoms with E-state index in [1.807, 2.05) is 6.92 Å². The topological polar surface area (TPSA) is 75.4 Å². The average Bonchev–Trinajstić information content (AvgIpc) is 3.14. The summed E-state index contributed by atoms with van der Waals surface area (Å²) in [4.78, 5) is 21.4. The van der Waals surface area contributed by atoms with Gasteiger partial charge in [0.05, 0.1) is 11.6 Å². The van der Waals surface area contributed by atoms with Crippen LogP contribution in [0.2, 0.25) is 0 Å². The predicted octanol–water partition coefficient (Wildman–Crippen LogP) is 2.62. The molecular weight excluding hydrogens is 390 g/mol. The second kappa shape index (κ2) is 7.24. The van der Waals surface area contributed by atoms with Crippen molar-refractivity contribution in [1.82, 2.24) is 25.4 Å². The van der Waals surface area contributed by atoms with Crippen LogP contribution in [-0.2, 0) is 11.3 Å². The molecule has 154 valence electrons. The number of aryl methyl sites for hydroxylation is 1. The van der Waals surface area contributed by atoms with Gasteiger partial charge in [0.15, 0.2) is 5.78 Å². The summed E-state index contributed by atoms with van der Waals surface area (Å²) in [6, 6.07) is 6.41. The molecule has 1 N–H and O–H groups in total. The first-order valence-electron chi connectivity index (χ1n) is 9.91. The van der Waals surface area contributed by atoms with Crippen LogP contribution in [0.1, 0.15) is 36.6 Å². The van der Waals surface area contributed by atoms with E-state index in [1.165, 1.54) is 24.5 Å². The number of ketones is 1. The first-order chi connectivity index (χ1) is 14.6. The van der Waals surface area contributed by atoms with Crippen molar-refractivity contribution in [3.63, 3.8) is 0 Å². The van der Waals surface area contributed by atoms with Crippen molar-refractivity contribution in [2.24, 2.45) is 4.99 Å². The number of nitrogens with zero attached hydrogens (tertiary/aromatic N) is 5. The summed E-state index contributed by atoms with van der Waals surface area (Å²) in [6.07, 6.45) is 3.40. The Labute approximate surface area is 171 Å². The van der Waals surface area contributed by atoms with Gasteiger partial charge in [-0.05, 0) is 36.6 Å². The van der Waals surface area contributed by atoms with Crippen LogP contribution in [0.5, 0.6) is 0 Å². The Morgan fingerprint density at radius 1 is 1.27 bits per heavy atom. The van der Waals surface area contributed by atoms with Crippen LogP contribution in [-0.4, -0.2) is 44.6 Å². The van der Waals surface area contributed by atoms with Crippen molar-refractivity contribution in [3.8, 4) is 0 Å². The van der Waals surface area contributed by atoms with Gasteiger partial charge in [-0.3, -0.25) is 9.79 Å². The number of aliphatic imine (C=N–C) groups is 1. The number of hydrazine groups is 1. The zero-order valence-corrected chi connectivity index (χ0v) is 16.3. The van der Waals surface area contributed by atoms with Gasteiger partial charge in [0, 0.05) is 30.7 Å². The van der Waals surface area contributed by atoms with E-state index in [2.05, 4.69) is 20.5 Å². The van der Waals surface area contributed by atoms with Gasteiger partial charge in [-0.15, -0.1) is 5.23 Å². The number of carbonyl (C=O) groups excluding carboxylic acids is 1. The van der Waals surface area contributed by atoms with Crippen molar-refractivity contribution in [2.75, 3.05) is 13.1 Å². The molecule has 3 heterocycles. The zero-order chi connectivity index (χ0) is 20.8. The summed E-state index contributed by atoms with van der Waals surface area (Å²) in [7, 11) is 0. The number of nitrogens with one attached hydrogen (secondary N) is 1. The van der Waals surface area contributed by atoms with Crippen LogP contribution >= 0.6 is 0 Å². The highest BCUT2D eigenvalue weighted by Crippen LogP contribution is 2.47. The van der Waals surface area contributed by atoms with Crippen molar-refractivity contribution in [1.29, 1.82) is 0 Å². The minimum Gasteiger partial charge on any atom is -0.293 e. The highest BCUT2D eigenvalue weighted by molar-refractivity contribution is 6.13. The number of rotatable bonds is 3. The van der Waals surface area contributed by atoms with Crippen molar-refractivity contribution in [3.05, 3.63) is 70.7 Å². The second-order valence-corrected chi connectivity index (χ2v) is 7.57. The molecule has 2 atom stereocenters. The van der Waals surface area contributed by atoms with E-state index in [0.717, 1.165) is 11.1 Å². The Kier molecular flexibility index (Phi) is 4.54. The number of halogens is 2. The van der Waals surface area contributed by atoms with Gasteiger partial charge >= 0.3 is 0 Å². The van der Waals surface area contributed by atoms with Gasteiger partial charge in [-0.2, -0.15) is 5.10 Å². The number of aromatic nitrogens is 3. The molecule has 0 amide bonds. The summed E-state index contributed by atoms with van der Waals surface area (Å²) in [5.41, 5.74) is 6.06. The molecule has 0 spiro atoms. The Morgan fingerprint density at radius 2 is 2.07 bits per heavy atom. The lowest BCUT2D eigenvalue weighted by Gasteiger charge is -2.39. The van der Waals surface area contributed by atoms with Crippen molar-refractivity contribution in [2.45, 2.75) is 31.7 Å². The molecule has 9 heteroatoms. The third-order valence-electron chi connectivity index (χ3n) is 5.90. The lowest BCUT2D eigenvalue weighted by molar-refractivity contribution is -0.113. The molecule has 1 aliphatic carbocycles. The minimum absolute atomic E-state index is 0.0592. The molecule has 3 aliphatic rings. The van der Waals surface area contributed by atoms with Gasteiger partial charge in [0.1, 0.15) is 30.2 Å². The van der Waals surface area contributed by atoms with Crippen LogP contribution < -0.4 is 5.43 Å². The van der Waals surface area contributed by atoms with E-state index in [-0.39, 0.29) is 35.7 Å². The molecule has 0 saturated heterocycles. The van der Waals surface area contributed by atoms with Crippen LogP contribution in [0.15, 0.2) is 58.5 Å². The lowest BCUT2D eigenvalue weighted by atomic mass is 9.70. The smallest absolute Gasteiger partial charge is 0.179 e. The number of carbonyl (C=O) groups is 1. The molecule has 5 rings (SSSR count). The molecule has 2 unspecified atom stereocenters. The Balaban J connectivity index is 1.74. The fourth-order valence-electron chi connectivity index (χ4n) is 4.58. The molecule has 2 aromatic rings. The second-order valence-electron chi connectivity index (χ2n) is 7.57. The summed E-state index contributed by atoms with van der Waals surface area (Å²) < 4.78 is 30.0. The third kappa shape index (κ3) is 2.97. The van der Waals surface area contributed by atoms with Gasteiger partial charge < -0.3 is 0 Å². The SMILES string of the molecule is CCn1ncnc1C1C2=NCC(=O)C=C3C2=C(CNN3F)CC1c1ccc(F)cc1. The average molecular weight is 410 g/mol. The fourth-order valence-corrected chi connectivity index (χ4v) is 4.58. The molecule has 7 nitrogen and oxygen atoms in total. The number of benzene rings is 1. The Bertz CT molecular complexity index is 1100. The lowest BCUT2D eigenvalue weighted by Crippen LogP contribution is -2.43.